The molecule has 3 N–H and O–H groups in total. The normalized spacial score (nSPS) is 26.9. The number of nitrogens with zero attached hydrogens (tertiary/aromatic N) is 3. The molecule has 302 valence electrons. The van der Waals surface area contributed by atoms with Crippen molar-refractivity contribution in [2.45, 2.75) is 82.5 Å². The first-order chi connectivity index (χ1) is 27.2. The number of ether oxygens (including phenoxy) is 3. The van der Waals surface area contributed by atoms with Gasteiger partial charge in [-0.3, -0.25) is 14.4 Å². The molecule has 3 fully saturated rings. The Bertz CT molecular complexity index is 2100. The van der Waals surface area contributed by atoms with E-state index in [1.165, 1.54) is 4.90 Å². The number of carboxylic acid groups (broad SMARTS) is 1. The lowest BCUT2D eigenvalue weighted by Crippen LogP contribution is -2.58. The molecule has 14 heteroatoms. The third-order valence-electron chi connectivity index (χ3n) is 11.6. The van der Waals surface area contributed by atoms with Crippen LogP contribution in [0.1, 0.15) is 69.8 Å². The molecule has 4 aliphatic rings. The minimum atomic E-state index is -1.49. The second-order valence-electron chi connectivity index (χ2n) is 16.6. The smallest absolute Gasteiger partial charge is 0.408 e. The number of carbonyl (C=O) groups is 5. The Morgan fingerprint density at radius 2 is 1.68 bits per heavy atom. The molecule has 4 heterocycles. The van der Waals surface area contributed by atoms with Gasteiger partial charge in [0.15, 0.2) is 0 Å². The van der Waals surface area contributed by atoms with Gasteiger partial charge in [0.05, 0.1) is 19.7 Å². The number of fused-ring (bicyclic) bond motifs is 5. The van der Waals surface area contributed by atoms with Crippen molar-refractivity contribution >= 4 is 40.7 Å². The van der Waals surface area contributed by atoms with Gasteiger partial charge < -0.3 is 39.8 Å². The number of allylic oxidation sites excluding steroid dienone is 1. The lowest BCUT2D eigenvalue weighted by atomic mass is 9.93. The molecular weight excluding hydrogens is 730 g/mol. The number of aromatic nitrogens is 1. The molecule has 1 saturated carbocycles. The first-order valence-electron chi connectivity index (χ1n) is 19.7. The van der Waals surface area contributed by atoms with Gasteiger partial charge >= 0.3 is 12.1 Å². The van der Waals surface area contributed by atoms with Gasteiger partial charge in [0.25, 0.3) is 5.91 Å². The van der Waals surface area contributed by atoms with Gasteiger partial charge in [-0.15, -0.1) is 0 Å². The number of hydrogen-bond donors (Lipinski definition) is 3. The predicted molar refractivity (Wildman–Crippen MR) is 211 cm³/mol. The van der Waals surface area contributed by atoms with E-state index in [2.05, 4.69) is 10.6 Å². The zero-order valence-electron chi connectivity index (χ0n) is 33.1. The lowest BCUT2D eigenvalue weighted by molar-refractivity contribution is -0.146. The minimum Gasteiger partial charge on any atom is -0.497 e. The van der Waals surface area contributed by atoms with Crippen molar-refractivity contribution in [2.24, 2.45) is 17.8 Å². The number of nitrogens with one attached hydrogen (secondary N) is 2. The molecule has 4 amide bonds. The number of aliphatic carboxylic acids is 1. The summed E-state index contributed by atoms with van der Waals surface area (Å²) in [6.45, 7) is 5.73. The zero-order chi connectivity index (χ0) is 40.6. The fraction of sp³-hybridized carbons (Fsp3) is 0.488. The maximum atomic E-state index is 14.5. The number of amides is 4. The molecule has 0 radical (unpaired) electrons. The van der Waals surface area contributed by atoms with E-state index in [-0.39, 0.29) is 49.5 Å². The van der Waals surface area contributed by atoms with Crippen molar-refractivity contribution in [1.29, 1.82) is 0 Å². The third-order valence-corrected chi connectivity index (χ3v) is 11.6. The van der Waals surface area contributed by atoms with Crippen molar-refractivity contribution in [3.05, 3.63) is 66.4 Å². The highest BCUT2D eigenvalue weighted by atomic mass is 16.6. The molecule has 3 aliphatic heterocycles. The summed E-state index contributed by atoms with van der Waals surface area (Å²) in [5, 5.41) is 16.8. The van der Waals surface area contributed by atoms with Gasteiger partial charge in [-0.05, 0) is 87.9 Å². The summed E-state index contributed by atoms with van der Waals surface area (Å²) in [6.07, 6.45) is 6.64. The van der Waals surface area contributed by atoms with Crippen LogP contribution in [-0.2, 0) is 19.1 Å². The fourth-order valence-electron chi connectivity index (χ4n) is 8.60. The first kappa shape index (κ1) is 39.6. The van der Waals surface area contributed by atoms with Gasteiger partial charge in [-0.25, -0.2) is 14.6 Å². The molecule has 14 nitrogen and oxygen atoms in total. The van der Waals surface area contributed by atoms with Gasteiger partial charge in [-0.1, -0.05) is 37.1 Å². The van der Waals surface area contributed by atoms with Crippen molar-refractivity contribution in [3.63, 3.8) is 0 Å². The number of methoxy groups -OCH3 is 2. The standard InChI is InChI=1S/C43H51N5O9/c1-42(2,3)57-41(54)45-33-12-10-8-6-7-9-11-27-21-43(27,40(52)53)46-37(49)36-32-24-47(22-26(32)23-48(36)39(33)51)38(50)35-20-31(25-13-15-28(55-4)16-14-25)30-18-17-29(56-5)19-34(30)44-35/h9,11,13-20,26-27,32-33,36H,6-8,10,12,21-24H2,1-5H3,(H,45,54)(H,46,49)(H,52,53)/b11-9-/t26-,27-,32-,33+,36-,43+/m0/s1. The van der Waals surface area contributed by atoms with Crippen molar-refractivity contribution < 1.29 is 43.3 Å². The van der Waals surface area contributed by atoms with Crippen LogP contribution in [0.25, 0.3) is 22.0 Å². The average Bonchev–Trinajstić information content (AvgIpc) is 3.53. The summed E-state index contributed by atoms with van der Waals surface area (Å²) >= 11 is 0. The molecule has 2 aromatic carbocycles. The Hall–Kier alpha value is -5.66. The van der Waals surface area contributed by atoms with Crippen LogP contribution in [0.4, 0.5) is 4.79 Å². The summed E-state index contributed by atoms with van der Waals surface area (Å²) < 4.78 is 16.4. The van der Waals surface area contributed by atoms with Crippen LogP contribution in [0, 0.1) is 17.8 Å². The summed E-state index contributed by atoms with van der Waals surface area (Å²) in [5.74, 6) is -2.41. The highest BCUT2D eigenvalue weighted by Gasteiger charge is 2.62. The highest BCUT2D eigenvalue weighted by Crippen LogP contribution is 2.46. The molecule has 2 saturated heterocycles. The topological polar surface area (TPSA) is 177 Å². The molecule has 3 aromatic rings. The van der Waals surface area contributed by atoms with E-state index < -0.39 is 53.0 Å². The van der Waals surface area contributed by atoms with E-state index in [0.717, 1.165) is 35.8 Å². The summed E-state index contributed by atoms with van der Waals surface area (Å²) in [6, 6.07) is 12.8. The molecule has 1 aromatic heterocycles. The second-order valence-corrected chi connectivity index (χ2v) is 16.6. The molecule has 0 bridgehead atoms. The number of alkyl carbamates (subject to hydrolysis) is 1. The molecule has 57 heavy (non-hydrogen) atoms. The van der Waals surface area contributed by atoms with Crippen LogP contribution in [0.3, 0.4) is 0 Å². The number of hydrogen-bond acceptors (Lipinski definition) is 9. The van der Waals surface area contributed by atoms with E-state index in [1.807, 2.05) is 48.6 Å². The lowest BCUT2D eigenvalue weighted by Gasteiger charge is -2.33. The SMILES string of the molecule is COc1ccc(-c2cc(C(=O)N3C[C@H]4CN5C(=O)[C@H](NC(=O)OC(C)(C)C)CCCCC/C=C\[C@H]6C[C@@]6(C(=O)O)NC(=O)[C@@H]5[C@H]4C3)nc3cc(OC)ccc23)cc1. The molecule has 0 spiro atoms. The van der Waals surface area contributed by atoms with Gasteiger partial charge in [-0.2, -0.15) is 0 Å². The molecule has 7 rings (SSSR count). The van der Waals surface area contributed by atoms with E-state index in [9.17, 15) is 29.1 Å². The highest BCUT2D eigenvalue weighted by molar-refractivity contribution is 6.02. The van der Waals surface area contributed by atoms with Crippen LogP contribution in [0.5, 0.6) is 11.5 Å². The van der Waals surface area contributed by atoms with Gasteiger partial charge in [0.1, 0.15) is 40.4 Å². The summed E-state index contributed by atoms with van der Waals surface area (Å²) in [7, 11) is 3.16. The Labute approximate surface area is 331 Å². The Morgan fingerprint density at radius 1 is 0.947 bits per heavy atom. The second kappa shape index (κ2) is 15.7. The van der Waals surface area contributed by atoms with Crippen molar-refractivity contribution in [3.8, 4) is 22.6 Å². The average molecular weight is 782 g/mol. The van der Waals surface area contributed by atoms with Crippen LogP contribution in [0.2, 0.25) is 0 Å². The van der Waals surface area contributed by atoms with Gasteiger partial charge in [0, 0.05) is 48.8 Å². The number of carbonyl (C=O) groups excluding carboxylic acids is 4. The van der Waals surface area contributed by atoms with E-state index in [1.54, 1.807) is 52.0 Å². The number of carboxylic acids is 1. The van der Waals surface area contributed by atoms with Crippen LogP contribution >= 0.6 is 0 Å². The zero-order valence-corrected chi connectivity index (χ0v) is 33.1. The number of benzene rings is 2. The molecule has 6 atom stereocenters. The van der Waals surface area contributed by atoms with Crippen LogP contribution < -0.4 is 20.1 Å². The number of rotatable bonds is 6. The van der Waals surface area contributed by atoms with Crippen LogP contribution in [0.15, 0.2) is 60.7 Å². The van der Waals surface area contributed by atoms with Crippen molar-refractivity contribution in [1.82, 2.24) is 25.4 Å². The number of pyridine rings is 1. The predicted octanol–water partition coefficient (Wildman–Crippen LogP) is 5.19. The summed E-state index contributed by atoms with van der Waals surface area (Å²) in [5.41, 5.74) is 0.143. The van der Waals surface area contributed by atoms with Crippen LogP contribution in [-0.4, -0.2) is 107 Å². The van der Waals surface area contributed by atoms with Crippen molar-refractivity contribution in [2.75, 3.05) is 33.9 Å². The quantitative estimate of drug-likeness (QED) is 0.282. The Kier molecular flexibility index (Phi) is 10.9. The van der Waals surface area contributed by atoms with E-state index in [0.29, 0.717) is 29.9 Å². The molecular formula is C43H51N5O9. The monoisotopic (exact) mass is 781 g/mol. The Morgan fingerprint density at radius 3 is 2.39 bits per heavy atom. The maximum Gasteiger partial charge on any atom is 0.408 e. The molecule has 1 aliphatic carbocycles. The van der Waals surface area contributed by atoms with E-state index in [4.69, 9.17) is 19.2 Å². The van der Waals surface area contributed by atoms with Gasteiger partial charge in [0.2, 0.25) is 11.8 Å². The minimum absolute atomic E-state index is 0.134. The Balaban J connectivity index is 1.20. The fourth-order valence-corrected chi connectivity index (χ4v) is 8.60. The third kappa shape index (κ3) is 8.12. The van der Waals surface area contributed by atoms with E-state index >= 15 is 0 Å². The first-order valence-corrected chi connectivity index (χ1v) is 19.7. The maximum absolute atomic E-state index is 14.5. The largest absolute Gasteiger partial charge is 0.497 e. The molecule has 0 unspecified atom stereocenters. The summed E-state index contributed by atoms with van der Waals surface area (Å²) in [4.78, 5) is 77.0. The number of likely N-dealkylation sites (tertiary alicyclic amines) is 1.